The maximum atomic E-state index is 14.6. The summed E-state index contributed by atoms with van der Waals surface area (Å²) < 4.78 is 60.3. The van der Waals surface area contributed by atoms with Crippen LogP contribution in [0.1, 0.15) is 74.0 Å². The van der Waals surface area contributed by atoms with Crippen molar-refractivity contribution in [3.8, 4) is 0 Å². The maximum absolute atomic E-state index is 14.6. The molecule has 44 heavy (non-hydrogen) atoms. The van der Waals surface area contributed by atoms with Gasteiger partial charge in [0.1, 0.15) is 18.4 Å². The summed E-state index contributed by atoms with van der Waals surface area (Å²) in [5.74, 6) is -3.48. The van der Waals surface area contributed by atoms with Gasteiger partial charge in [0, 0.05) is 24.6 Å². The number of likely N-dealkylation sites (tertiary alicyclic amines) is 1. The first-order valence-electron chi connectivity index (χ1n) is 15.8. The number of alkyl halides is 3. The summed E-state index contributed by atoms with van der Waals surface area (Å²) >= 11 is 0. The van der Waals surface area contributed by atoms with E-state index in [1.54, 1.807) is 0 Å². The Bertz CT molecular complexity index is 1320. The van der Waals surface area contributed by atoms with Crippen LogP contribution in [0.15, 0.2) is 42.5 Å². The van der Waals surface area contributed by atoms with E-state index in [9.17, 15) is 26.7 Å². The molecule has 4 atom stereocenters. The number of fused-ring (bicyclic) bond motifs is 2. The third-order valence-corrected chi connectivity index (χ3v) is 10.3. The third kappa shape index (κ3) is 6.78. The van der Waals surface area contributed by atoms with Crippen LogP contribution in [0, 0.1) is 23.5 Å². The Kier molecular flexibility index (Phi) is 9.94. The summed E-state index contributed by atoms with van der Waals surface area (Å²) in [4.78, 5) is 25.7. The average Bonchev–Trinajstić information content (AvgIpc) is 3.02. The number of piperidine rings is 2. The minimum absolute atomic E-state index is 0.208. The van der Waals surface area contributed by atoms with E-state index in [1.807, 2.05) is 0 Å². The number of nitrogens with two attached hydrogens (primary N) is 2. The topological polar surface area (TPSA) is 93.7 Å². The molecule has 1 aliphatic carbocycles. The smallest absolute Gasteiger partial charge is 0.430 e. The highest BCUT2D eigenvalue weighted by atomic mass is 19.4. The zero-order chi connectivity index (χ0) is 31.5. The highest BCUT2D eigenvalue weighted by molar-refractivity contribution is 5.82. The summed E-state index contributed by atoms with van der Waals surface area (Å²) in [7, 11) is 0. The van der Waals surface area contributed by atoms with Gasteiger partial charge < -0.3 is 25.4 Å². The lowest BCUT2D eigenvalue weighted by atomic mass is 9.62. The van der Waals surface area contributed by atoms with Crippen molar-refractivity contribution >= 4 is 11.9 Å². The first kappa shape index (κ1) is 32.3. The van der Waals surface area contributed by atoms with Gasteiger partial charge in [-0.2, -0.15) is 13.2 Å². The molecule has 1 saturated carbocycles. The van der Waals surface area contributed by atoms with Gasteiger partial charge in [-0.3, -0.25) is 4.79 Å². The molecule has 6 nitrogen and oxygen atoms in total. The van der Waals surface area contributed by atoms with Crippen LogP contribution in [0.25, 0.3) is 0 Å². The van der Waals surface area contributed by atoms with Crippen molar-refractivity contribution in [1.29, 1.82) is 0 Å². The molecular weight excluding hydrogens is 581 g/mol. The molecule has 2 aromatic carbocycles. The maximum Gasteiger partial charge on any atom is 0.430 e. The van der Waals surface area contributed by atoms with E-state index in [-0.39, 0.29) is 17.9 Å². The monoisotopic (exact) mass is 622 g/mol. The summed E-state index contributed by atoms with van der Waals surface area (Å²) in [6.07, 6.45) is 3.89. The number of carbonyl (C=O) groups excluding carboxylic acids is 2. The van der Waals surface area contributed by atoms with E-state index in [4.69, 9.17) is 9.90 Å². The number of quaternary nitrogens is 2. The van der Waals surface area contributed by atoms with Crippen LogP contribution < -0.4 is 15.7 Å². The molecule has 3 fully saturated rings. The fraction of sp³-hybridized carbons (Fsp3) is 0.576. The number of benzene rings is 2. The van der Waals surface area contributed by atoms with Crippen LogP contribution >= 0.6 is 0 Å². The number of hydrogen-bond donors (Lipinski definition) is 2. The predicted molar refractivity (Wildman–Crippen MR) is 150 cm³/mol. The molecule has 2 saturated heterocycles. The lowest BCUT2D eigenvalue weighted by Gasteiger charge is -2.49. The van der Waals surface area contributed by atoms with Crippen molar-refractivity contribution in [2.75, 3.05) is 26.2 Å². The quantitative estimate of drug-likeness (QED) is 0.516. The van der Waals surface area contributed by atoms with E-state index in [2.05, 4.69) is 45.9 Å². The lowest BCUT2D eigenvalue weighted by Crippen LogP contribution is -2.95. The van der Waals surface area contributed by atoms with Crippen molar-refractivity contribution in [1.82, 2.24) is 4.90 Å². The molecule has 0 aromatic heterocycles. The Balaban J connectivity index is 0.000000493. The Morgan fingerprint density at radius 1 is 0.955 bits per heavy atom. The van der Waals surface area contributed by atoms with E-state index in [1.165, 1.54) is 49.8 Å². The number of hydrogen-bond acceptors (Lipinski definition) is 3. The van der Waals surface area contributed by atoms with Gasteiger partial charge in [-0.1, -0.05) is 49.6 Å². The van der Waals surface area contributed by atoms with E-state index in [0.29, 0.717) is 18.4 Å². The van der Waals surface area contributed by atoms with Crippen molar-refractivity contribution in [3.63, 3.8) is 0 Å². The molecule has 3 aliphatic heterocycles. The van der Waals surface area contributed by atoms with Gasteiger partial charge in [0.2, 0.25) is 5.91 Å². The molecule has 2 aromatic rings. The van der Waals surface area contributed by atoms with Gasteiger partial charge >= 0.3 is 6.18 Å². The van der Waals surface area contributed by atoms with Crippen LogP contribution in [-0.2, 0) is 21.5 Å². The number of carboxylic acids is 1. The summed E-state index contributed by atoms with van der Waals surface area (Å²) in [5, 5.41) is 13.2. The molecule has 1 amide bonds. The highest BCUT2D eigenvalue weighted by Gasteiger charge is 2.54. The number of carboxylic acid groups (broad SMARTS) is 1. The van der Waals surface area contributed by atoms with Gasteiger partial charge in [-0.25, -0.2) is 8.78 Å². The Hall–Kier alpha value is -3.05. The Morgan fingerprint density at radius 2 is 1.64 bits per heavy atom. The Morgan fingerprint density at radius 3 is 2.32 bits per heavy atom. The van der Waals surface area contributed by atoms with Crippen LogP contribution in [0.3, 0.4) is 0 Å². The molecule has 3 heterocycles. The van der Waals surface area contributed by atoms with Gasteiger partial charge in [0.25, 0.3) is 0 Å². The number of rotatable bonds is 3. The molecule has 0 bridgehead atoms. The van der Waals surface area contributed by atoms with Crippen LogP contribution in [0.5, 0.6) is 0 Å². The molecule has 4 aliphatic rings. The molecule has 4 N–H and O–H groups in total. The zero-order valence-electron chi connectivity index (χ0n) is 24.8. The summed E-state index contributed by atoms with van der Waals surface area (Å²) in [6, 6.07) is 13.9. The number of carbonyl (C=O) groups is 2. The van der Waals surface area contributed by atoms with Crippen molar-refractivity contribution in [2.24, 2.45) is 11.8 Å². The zero-order valence-corrected chi connectivity index (χ0v) is 24.8. The molecule has 6 rings (SSSR count). The number of aliphatic carboxylic acids is 1. The fourth-order valence-corrected chi connectivity index (χ4v) is 8.23. The van der Waals surface area contributed by atoms with Gasteiger partial charge in [0.15, 0.2) is 11.6 Å². The van der Waals surface area contributed by atoms with E-state index in [0.717, 1.165) is 56.6 Å². The average molecular weight is 623 g/mol. The standard InChI is InChI=1S/C31H39F2N3O.C2HF3O2/c32-27-15-24-18-35-20-31(25(24)17-28(27)33)12-13-34-19-26(31)30(37)36-14-11-23(21-7-3-1-4-8-21)16-29(36)22-9-5-2-6-10-22;3-2(4,5)1(6)7/h1,3-4,7-8,15,17,22-23,26,29,34-35H,2,5-6,9-14,16,18-20H2;(H,6,7)/p+1/t23-,26+,29+,31-;/m1./s1. The van der Waals surface area contributed by atoms with Crippen LogP contribution in [-0.4, -0.2) is 55.2 Å². The van der Waals surface area contributed by atoms with Crippen LogP contribution in [0.4, 0.5) is 22.0 Å². The van der Waals surface area contributed by atoms with Crippen molar-refractivity contribution < 1.29 is 47.3 Å². The lowest BCUT2D eigenvalue weighted by molar-refractivity contribution is -0.702. The summed E-state index contributed by atoms with van der Waals surface area (Å²) in [6.45, 7) is 3.84. The molecular formula is C33H41F5N3O3+. The first-order valence-corrected chi connectivity index (χ1v) is 15.8. The van der Waals surface area contributed by atoms with Gasteiger partial charge in [-0.05, 0) is 60.8 Å². The number of nitrogens with zero attached hydrogens (tertiary/aromatic N) is 1. The second-order valence-electron chi connectivity index (χ2n) is 12.8. The fourth-order valence-electron chi connectivity index (χ4n) is 8.23. The SMILES string of the molecule is O=C([C@@H]1C[NH2+]CC[C@]12C[NH2+]Cc1cc(F)c(F)cc12)N1CC[C@@H](c2ccccc2)C[C@H]1C1CCCCC1.O=C([O-])C(F)(F)F. The third-order valence-electron chi connectivity index (χ3n) is 10.3. The van der Waals surface area contributed by atoms with E-state index < -0.39 is 29.2 Å². The molecule has 0 unspecified atom stereocenters. The Labute approximate surface area is 254 Å². The van der Waals surface area contributed by atoms with Crippen LogP contribution in [0.2, 0.25) is 0 Å². The minimum atomic E-state index is -5.19. The second kappa shape index (κ2) is 13.5. The highest BCUT2D eigenvalue weighted by Crippen LogP contribution is 2.44. The summed E-state index contributed by atoms with van der Waals surface area (Å²) in [5.41, 5.74) is 2.71. The largest absolute Gasteiger partial charge is 0.542 e. The molecule has 1 spiro atoms. The molecule has 11 heteroatoms. The minimum Gasteiger partial charge on any atom is -0.542 e. The molecule has 0 radical (unpaired) electrons. The van der Waals surface area contributed by atoms with Crippen molar-refractivity contribution in [2.45, 2.75) is 81.5 Å². The van der Waals surface area contributed by atoms with Gasteiger partial charge in [-0.15, -0.1) is 0 Å². The molecule has 240 valence electrons. The first-order chi connectivity index (χ1) is 21.0. The van der Waals surface area contributed by atoms with Gasteiger partial charge in [0.05, 0.1) is 25.0 Å². The van der Waals surface area contributed by atoms with E-state index >= 15 is 0 Å². The predicted octanol–water partition coefficient (Wildman–Crippen LogP) is 2.52. The number of amides is 1. The van der Waals surface area contributed by atoms with Crippen molar-refractivity contribution in [3.05, 3.63) is 70.8 Å². The number of halogens is 5. The second-order valence-corrected chi connectivity index (χ2v) is 12.8. The normalized spacial score (nSPS) is 27.7.